The zero-order valence-corrected chi connectivity index (χ0v) is 22.1. The van der Waals surface area contributed by atoms with Crippen LogP contribution in [0.3, 0.4) is 0 Å². The van der Waals surface area contributed by atoms with E-state index in [1.54, 1.807) is 24.3 Å². The second-order valence-electron chi connectivity index (χ2n) is 8.70. The van der Waals surface area contributed by atoms with Crippen LogP contribution < -0.4 is 16.2 Å². The minimum atomic E-state index is -1.15. The Morgan fingerprint density at radius 3 is 2.32 bits per heavy atom. The summed E-state index contributed by atoms with van der Waals surface area (Å²) in [6.07, 6.45) is -1.11. The molecule has 2 atom stereocenters. The first kappa shape index (κ1) is 28.5. The van der Waals surface area contributed by atoms with E-state index in [-0.39, 0.29) is 38.4 Å². The van der Waals surface area contributed by atoms with E-state index in [1.807, 2.05) is 24.3 Å². The van der Waals surface area contributed by atoms with E-state index >= 15 is 0 Å². The molecule has 3 aromatic carbocycles. The topological polar surface area (TPSA) is 119 Å². The van der Waals surface area contributed by atoms with Gasteiger partial charge >= 0.3 is 0 Å². The van der Waals surface area contributed by atoms with E-state index in [4.69, 9.17) is 16.2 Å². The molecule has 0 heterocycles. The summed E-state index contributed by atoms with van der Waals surface area (Å²) in [4.78, 5) is 25.8. The Balaban J connectivity index is 1.74. The van der Waals surface area contributed by atoms with Crippen LogP contribution in [-0.2, 0) is 29.0 Å². The molecule has 0 aliphatic carbocycles. The molecule has 3 rings (SSSR count). The van der Waals surface area contributed by atoms with Crippen molar-refractivity contribution >= 4 is 34.4 Å². The highest BCUT2D eigenvalue weighted by Crippen LogP contribution is 2.17. The lowest BCUT2D eigenvalue weighted by atomic mass is 10.0. The number of primary amides is 1. The van der Waals surface area contributed by atoms with Crippen LogP contribution in [0.2, 0.25) is 0 Å². The summed E-state index contributed by atoms with van der Waals surface area (Å²) in [7, 11) is 0. The van der Waals surface area contributed by atoms with E-state index < -0.39 is 29.7 Å². The number of hydrogen-bond acceptors (Lipinski definition) is 5. The van der Waals surface area contributed by atoms with Gasteiger partial charge in [0.1, 0.15) is 17.4 Å². The van der Waals surface area contributed by atoms with Gasteiger partial charge in [-0.25, -0.2) is 8.78 Å². The number of halogens is 3. The highest BCUT2D eigenvalue weighted by Gasteiger charge is 2.23. The monoisotopic (exact) mass is 623 g/mol. The number of benzene rings is 3. The number of rotatable bonds is 12. The third-order valence-corrected chi connectivity index (χ3v) is 6.22. The molecule has 0 radical (unpaired) electrons. The summed E-state index contributed by atoms with van der Waals surface area (Å²) in [5, 5.41) is 10.8. The number of nitrogens with zero attached hydrogens (tertiary/aromatic N) is 1. The first-order valence-electron chi connectivity index (χ1n) is 11.5. The van der Waals surface area contributed by atoms with Crippen molar-refractivity contribution in [3.63, 3.8) is 0 Å². The largest absolute Gasteiger partial charge is 0.484 e. The van der Waals surface area contributed by atoms with Crippen LogP contribution in [0.4, 0.5) is 8.78 Å². The first-order chi connectivity index (χ1) is 17.6. The fraction of sp³-hybridized carbons (Fsp3) is 0.259. The Bertz CT molecular complexity index is 1220. The quantitative estimate of drug-likeness (QED) is 0.268. The highest BCUT2D eigenvalue weighted by atomic mass is 127. The van der Waals surface area contributed by atoms with Gasteiger partial charge < -0.3 is 26.2 Å². The summed E-state index contributed by atoms with van der Waals surface area (Å²) in [5.41, 5.74) is 13.1. The zero-order chi connectivity index (χ0) is 26.9. The normalized spacial score (nSPS) is 12.6. The number of aliphatic hydroxyl groups is 1. The summed E-state index contributed by atoms with van der Waals surface area (Å²) < 4.78 is 33.4. The molecule has 10 heteroatoms. The molecule has 2 amide bonds. The van der Waals surface area contributed by atoms with Crippen LogP contribution >= 0.6 is 22.6 Å². The van der Waals surface area contributed by atoms with Crippen molar-refractivity contribution in [1.82, 2.24) is 4.90 Å². The average molecular weight is 623 g/mol. The third kappa shape index (κ3) is 9.38. The molecule has 7 nitrogen and oxygen atoms in total. The van der Waals surface area contributed by atoms with Crippen molar-refractivity contribution in [2.75, 3.05) is 13.2 Å². The van der Waals surface area contributed by atoms with Crippen LogP contribution in [-0.4, -0.2) is 47.1 Å². The van der Waals surface area contributed by atoms with Gasteiger partial charge in [-0.05, 0) is 82.1 Å². The maximum atomic E-state index is 13.6. The van der Waals surface area contributed by atoms with Crippen molar-refractivity contribution in [2.45, 2.75) is 31.5 Å². The van der Waals surface area contributed by atoms with Crippen LogP contribution in [0.25, 0.3) is 0 Å². The maximum absolute atomic E-state index is 13.6. The zero-order valence-electron chi connectivity index (χ0n) is 19.9. The standard InChI is InChI=1S/C27H28F2IN3O4/c28-20-7-19(8-21(29)13-20)11-24(31)25(34)15-33(14-18-4-1-5-22(30)9-18)27(36)12-17-3-2-6-23(10-17)37-16-26(32)35/h1-10,13,24-25,34H,11-12,14-16,31H2,(H2,32,35)/t24-,25+/m0/s1. The van der Waals surface area contributed by atoms with Gasteiger partial charge in [0, 0.05) is 28.8 Å². The van der Waals surface area contributed by atoms with Crippen molar-refractivity contribution < 1.29 is 28.2 Å². The number of aliphatic hydroxyl groups excluding tert-OH is 1. The van der Waals surface area contributed by atoms with E-state index in [1.165, 1.54) is 4.90 Å². The van der Waals surface area contributed by atoms with Gasteiger partial charge in [0.25, 0.3) is 5.91 Å². The molecule has 0 bridgehead atoms. The molecule has 0 fully saturated rings. The molecular weight excluding hydrogens is 595 g/mol. The van der Waals surface area contributed by atoms with Crippen molar-refractivity contribution in [3.8, 4) is 5.75 Å². The summed E-state index contributed by atoms with van der Waals surface area (Å²) in [6.45, 7) is -0.136. The number of carbonyl (C=O) groups is 2. The molecule has 0 aliphatic heterocycles. The molecule has 3 aromatic rings. The second-order valence-corrected chi connectivity index (χ2v) is 9.94. The molecular formula is C27H28F2IN3O4. The predicted molar refractivity (Wildman–Crippen MR) is 143 cm³/mol. The number of nitrogens with two attached hydrogens (primary N) is 2. The van der Waals surface area contributed by atoms with Crippen molar-refractivity contribution in [3.05, 3.63) is 98.6 Å². The van der Waals surface area contributed by atoms with Crippen LogP contribution in [0.5, 0.6) is 5.75 Å². The molecule has 0 spiro atoms. The lowest BCUT2D eigenvalue weighted by Crippen LogP contribution is -2.46. The van der Waals surface area contributed by atoms with Crippen molar-refractivity contribution in [2.24, 2.45) is 11.5 Å². The Labute approximate surface area is 227 Å². The predicted octanol–water partition coefficient (Wildman–Crippen LogP) is 2.94. The average Bonchev–Trinajstić information content (AvgIpc) is 2.82. The van der Waals surface area contributed by atoms with E-state index in [9.17, 15) is 23.5 Å². The van der Waals surface area contributed by atoms with Gasteiger partial charge in [0.05, 0.1) is 12.5 Å². The molecule has 0 aliphatic rings. The molecule has 0 saturated carbocycles. The van der Waals surface area contributed by atoms with Gasteiger partial charge in [-0.15, -0.1) is 0 Å². The van der Waals surface area contributed by atoms with E-state index in [0.29, 0.717) is 16.9 Å². The SMILES string of the molecule is NC(=O)COc1cccc(CC(=O)N(Cc2cccc(I)c2)C[C@@H](O)[C@@H](N)Cc2cc(F)cc(F)c2)c1. The Kier molecular flexibility index (Phi) is 10.4. The number of amides is 2. The van der Waals surface area contributed by atoms with Crippen LogP contribution in [0, 0.1) is 15.2 Å². The lowest BCUT2D eigenvalue weighted by molar-refractivity contribution is -0.132. The number of ether oxygens (including phenoxy) is 1. The molecule has 5 N–H and O–H groups in total. The van der Waals surface area contributed by atoms with Gasteiger partial charge in [0.2, 0.25) is 5.91 Å². The van der Waals surface area contributed by atoms with Gasteiger partial charge in [-0.1, -0.05) is 24.3 Å². The van der Waals surface area contributed by atoms with Gasteiger partial charge in [-0.2, -0.15) is 0 Å². The van der Waals surface area contributed by atoms with Crippen molar-refractivity contribution in [1.29, 1.82) is 0 Å². The molecule has 0 aromatic heterocycles. The first-order valence-corrected chi connectivity index (χ1v) is 12.6. The molecule has 196 valence electrons. The van der Waals surface area contributed by atoms with E-state index in [0.717, 1.165) is 27.3 Å². The highest BCUT2D eigenvalue weighted by molar-refractivity contribution is 14.1. The molecule has 0 saturated heterocycles. The summed E-state index contributed by atoms with van der Waals surface area (Å²) >= 11 is 2.18. The Morgan fingerprint density at radius 2 is 1.65 bits per heavy atom. The summed E-state index contributed by atoms with van der Waals surface area (Å²) in [5.74, 6) is -1.94. The fourth-order valence-corrected chi connectivity index (χ4v) is 4.40. The second kappa shape index (κ2) is 13.5. The molecule has 37 heavy (non-hydrogen) atoms. The lowest BCUT2D eigenvalue weighted by Gasteiger charge is -2.28. The van der Waals surface area contributed by atoms with Gasteiger partial charge in [-0.3, -0.25) is 9.59 Å². The maximum Gasteiger partial charge on any atom is 0.255 e. The summed E-state index contributed by atoms with van der Waals surface area (Å²) in [6, 6.07) is 16.6. The third-order valence-electron chi connectivity index (χ3n) is 5.55. The fourth-order valence-electron chi connectivity index (χ4n) is 3.79. The molecule has 0 unspecified atom stereocenters. The number of carbonyl (C=O) groups excluding carboxylic acids is 2. The van der Waals surface area contributed by atoms with Crippen LogP contribution in [0.15, 0.2) is 66.7 Å². The van der Waals surface area contributed by atoms with E-state index in [2.05, 4.69) is 22.6 Å². The Morgan fingerprint density at radius 1 is 0.973 bits per heavy atom. The number of hydrogen-bond donors (Lipinski definition) is 3. The van der Waals surface area contributed by atoms with Gasteiger partial charge in [0.15, 0.2) is 6.61 Å². The smallest absolute Gasteiger partial charge is 0.255 e. The minimum absolute atomic E-state index is 0.00869. The van der Waals surface area contributed by atoms with Crippen LogP contribution in [0.1, 0.15) is 16.7 Å². The Hall–Kier alpha value is -3.09. The minimum Gasteiger partial charge on any atom is -0.484 e.